The van der Waals surface area contributed by atoms with Crippen LogP contribution in [0.2, 0.25) is 0 Å². The summed E-state index contributed by atoms with van der Waals surface area (Å²) < 4.78 is 62.7. The van der Waals surface area contributed by atoms with Crippen LogP contribution in [0.3, 0.4) is 0 Å². The summed E-state index contributed by atoms with van der Waals surface area (Å²) >= 11 is 0. The highest BCUT2D eigenvalue weighted by Crippen LogP contribution is 2.30. The first-order valence-corrected chi connectivity index (χ1v) is 13.9. The number of nitrogens with one attached hydrogen (secondary N) is 1. The van der Waals surface area contributed by atoms with E-state index in [4.69, 9.17) is 10.5 Å². The number of fused-ring (bicyclic) bond motifs is 1. The highest BCUT2D eigenvalue weighted by molar-refractivity contribution is 7.92. The normalized spacial score (nSPS) is 14.0. The summed E-state index contributed by atoms with van der Waals surface area (Å²) in [6.45, 7) is 3.05. The molecule has 12 heteroatoms. The monoisotopic (exact) mass is 562 g/mol. The van der Waals surface area contributed by atoms with E-state index in [1.807, 2.05) is 34.9 Å². The molecule has 0 spiro atoms. The van der Waals surface area contributed by atoms with Crippen LogP contribution in [0.1, 0.15) is 0 Å². The fourth-order valence-electron chi connectivity index (χ4n) is 4.68. The van der Waals surface area contributed by atoms with Gasteiger partial charge >= 0.3 is 0 Å². The number of hydrogen-bond acceptors (Lipinski definition) is 7. The van der Waals surface area contributed by atoms with E-state index in [1.54, 1.807) is 12.1 Å². The third-order valence-corrected chi connectivity index (χ3v) is 8.03. The molecule has 0 atom stereocenters. The number of nitrogens with two attached hydrogens (primary N) is 1. The number of nitrogens with zero attached hydrogens (tertiary/aromatic N) is 4. The lowest BCUT2D eigenvalue weighted by Crippen LogP contribution is -2.36. The highest BCUT2D eigenvalue weighted by Gasteiger charge is 2.19. The largest absolute Gasteiger partial charge is 0.378 e. The fourth-order valence-corrected chi connectivity index (χ4v) is 5.73. The molecule has 1 aliphatic rings. The molecule has 0 radical (unpaired) electrons. The molecule has 0 bridgehead atoms. The van der Waals surface area contributed by atoms with E-state index in [2.05, 4.69) is 19.6 Å². The predicted octanol–water partition coefficient (Wildman–Crippen LogP) is 4.59. The Balaban J connectivity index is 1.33. The van der Waals surface area contributed by atoms with Gasteiger partial charge in [0, 0.05) is 48.5 Å². The number of ether oxygens (including phenoxy) is 1. The van der Waals surface area contributed by atoms with Crippen LogP contribution in [0.25, 0.3) is 27.8 Å². The maximum atomic E-state index is 14.1. The summed E-state index contributed by atoms with van der Waals surface area (Å²) in [6, 6.07) is 17.5. The van der Waals surface area contributed by atoms with Crippen molar-refractivity contribution >= 4 is 38.4 Å². The molecule has 0 unspecified atom stereocenters. The SMILES string of the molecule is Nc1nc2ccc(-c3cncc(S(=O)(=O)Nc4ccc(F)cc4F)c3)cc2n1-c1ccc(N2CCOCC2)cc1. The van der Waals surface area contributed by atoms with Crippen LogP contribution in [-0.2, 0) is 14.8 Å². The molecule has 0 aliphatic carbocycles. The first kappa shape index (κ1) is 25.7. The Morgan fingerprint density at radius 1 is 0.875 bits per heavy atom. The number of sulfonamides is 1. The number of halogens is 2. The average molecular weight is 563 g/mol. The molecule has 204 valence electrons. The fraction of sp³-hybridized carbons (Fsp3) is 0.143. The number of hydrogen-bond donors (Lipinski definition) is 2. The van der Waals surface area contributed by atoms with Crippen molar-refractivity contribution in [3.63, 3.8) is 0 Å². The van der Waals surface area contributed by atoms with Crippen molar-refractivity contribution in [2.45, 2.75) is 4.90 Å². The molecule has 1 aliphatic heterocycles. The summed E-state index contributed by atoms with van der Waals surface area (Å²) in [5.41, 5.74) is 10.4. The molecule has 3 N–H and O–H groups in total. The Hall–Kier alpha value is -4.55. The second-order valence-electron chi connectivity index (χ2n) is 9.26. The third kappa shape index (κ3) is 4.94. The lowest BCUT2D eigenvalue weighted by molar-refractivity contribution is 0.122. The molecule has 0 saturated carbocycles. The van der Waals surface area contributed by atoms with E-state index >= 15 is 0 Å². The van der Waals surface area contributed by atoms with Crippen LogP contribution < -0.4 is 15.4 Å². The van der Waals surface area contributed by atoms with Gasteiger partial charge in [0.15, 0.2) is 0 Å². The third-order valence-electron chi connectivity index (χ3n) is 6.70. The molecule has 3 aromatic carbocycles. The average Bonchev–Trinajstić information content (AvgIpc) is 3.30. The molecule has 9 nitrogen and oxygen atoms in total. The van der Waals surface area contributed by atoms with Gasteiger partial charge in [0.05, 0.1) is 29.9 Å². The summed E-state index contributed by atoms with van der Waals surface area (Å²) in [4.78, 5) is 10.7. The van der Waals surface area contributed by atoms with Crippen LogP contribution in [0.4, 0.5) is 26.1 Å². The molecule has 3 heterocycles. The quantitative estimate of drug-likeness (QED) is 0.311. The van der Waals surface area contributed by atoms with Gasteiger partial charge in [-0.25, -0.2) is 22.2 Å². The molecule has 0 amide bonds. The Morgan fingerprint density at radius 2 is 1.62 bits per heavy atom. The standard InChI is InChI=1S/C28H24F2N6O3S/c29-20-2-8-25(24(30)15-20)34-40(37,38)23-13-19(16-32-17-23)18-1-7-26-27(14-18)36(28(31)33-26)22-5-3-21(4-6-22)35-9-11-39-12-10-35/h1-8,13-17,34H,9-12H2,(H2,31,33). The van der Waals surface area contributed by atoms with Gasteiger partial charge in [-0.2, -0.15) is 0 Å². The van der Waals surface area contributed by atoms with Crippen LogP contribution in [-0.4, -0.2) is 49.3 Å². The minimum atomic E-state index is -4.21. The smallest absolute Gasteiger partial charge is 0.263 e. The van der Waals surface area contributed by atoms with Gasteiger partial charge in [0.2, 0.25) is 5.95 Å². The van der Waals surface area contributed by atoms with E-state index in [-0.39, 0.29) is 10.6 Å². The number of aromatic nitrogens is 3. The van der Waals surface area contributed by atoms with Crippen LogP contribution in [0, 0.1) is 11.6 Å². The van der Waals surface area contributed by atoms with Crippen molar-refractivity contribution in [2.75, 3.05) is 41.7 Å². The highest BCUT2D eigenvalue weighted by atomic mass is 32.2. The molecule has 2 aromatic heterocycles. The van der Waals surface area contributed by atoms with Crippen molar-refractivity contribution in [2.24, 2.45) is 0 Å². The minimum absolute atomic E-state index is 0.180. The Morgan fingerprint density at radius 3 is 2.38 bits per heavy atom. The first-order valence-electron chi connectivity index (χ1n) is 12.4. The van der Waals surface area contributed by atoms with Gasteiger partial charge in [-0.3, -0.25) is 14.3 Å². The van der Waals surface area contributed by atoms with Crippen molar-refractivity contribution in [1.29, 1.82) is 0 Å². The van der Waals surface area contributed by atoms with Gasteiger partial charge in [0.25, 0.3) is 10.0 Å². The minimum Gasteiger partial charge on any atom is -0.378 e. The number of pyridine rings is 1. The van der Waals surface area contributed by atoms with Gasteiger partial charge in [-0.15, -0.1) is 0 Å². The summed E-state index contributed by atoms with van der Waals surface area (Å²) in [7, 11) is -4.21. The Kier molecular flexibility index (Phi) is 6.56. The predicted molar refractivity (Wildman–Crippen MR) is 149 cm³/mol. The second kappa shape index (κ2) is 10.2. The van der Waals surface area contributed by atoms with Gasteiger partial charge in [0.1, 0.15) is 16.5 Å². The van der Waals surface area contributed by atoms with Crippen LogP contribution in [0.15, 0.2) is 84.0 Å². The van der Waals surface area contributed by atoms with Gasteiger partial charge in [-0.1, -0.05) is 6.07 Å². The molecule has 1 saturated heterocycles. The lowest BCUT2D eigenvalue weighted by atomic mass is 10.1. The van der Waals surface area contributed by atoms with Crippen molar-refractivity contribution in [3.8, 4) is 16.8 Å². The van der Waals surface area contributed by atoms with Crippen molar-refractivity contribution in [1.82, 2.24) is 14.5 Å². The summed E-state index contributed by atoms with van der Waals surface area (Å²) in [5, 5.41) is 0. The molecular weight excluding hydrogens is 538 g/mol. The number of rotatable bonds is 6. The lowest BCUT2D eigenvalue weighted by Gasteiger charge is -2.29. The first-order chi connectivity index (χ1) is 19.3. The number of morpholine rings is 1. The van der Waals surface area contributed by atoms with Gasteiger partial charge < -0.3 is 15.4 Å². The Bertz CT molecular complexity index is 1820. The van der Waals surface area contributed by atoms with Crippen molar-refractivity contribution < 1.29 is 21.9 Å². The van der Waals surface area contributed by atoms with Crippen LogP contribution in [0.5, 0.6) is 0 Å². The molecule has 40 heavy (non-hydrogen) atoms. The zero-order valence-electron chi connectivity index (χ0n) is 21.1. The maximum absolute atomic E-state index is 14.1. The zero-order chi connectivity index (χ0) is 27.9. The zero-order valence-corrected chi connectivity index (χ0v) is 21.9. The Labute approximate surface area is 228 Å². The number of anilines is 3. The summed E-state index contributed by atoms with van der Waals surface area (Å²) in [5.74, 6) is -1.53. The number of imidazole rings is 1. The van der Waals surface area contributed by atoms with Crippen molar-refractivity contribution in [3.05, 3.63) is 90.8 Å². The van der Waals surface area contributed by atoms with E-state index < -0.39 is 21.7 Å². The van der Waals surface area contributed by atoms with Crippen LogP contribution >= 0.6 is 0 Å². The van der Waals surface area contributed by atoms with E-state index in [9.17, 15) is 17.2 Å². The molecule has 1 fully saturated rings. The topological polar surface area (TPSA) is 115 Å². The van der Waals surface area contributed by atoms with E-state index in [0.717, 1.165) is 48.3 Å². The second-order valence-corrected chi connectivity index (χ2v) is 10.9. The number of nitrogen functional groups attached to an aromatic ring is 1. The van der Waals surface area contributed by atoms with Gasteiger partial charge in [-0.05, 0) is 60.2 Å². The van der Waals surface area contributed by atoms with E-state index in [0.29, 0.717) is 41.9 Å². The molecular formula is C28H24F2N6O3S. The number of benzene rings is 3. The molecule has 5 aromatic rings. The van der Waals surface area contributed by atoms with E-state index in [1.165, 1.54) is 12.3 Å². The summed E-state index contributed by atoms with van der Waals surface area (Å²) in [6.07, 6.45) is 2.68. The molecule has 6 rings (SSSR count). The maximum Gasteiger partial charge on any atom is 0.263 e.